The fourth-order valence-electron chi connectivity index (χ4n) is 4.40. The van der Waals surface area contributed by atoms with E-state index in [9.17, 15) is 0 Å². The highest BCUT2D eigenvalue weighted by Gasteiger charge is 2.58. The third kappa shape index (κ3) is 2.10. The van der Waals surface area contributed by atoms with Crippen LogP contribution < -0.4 is 11.1 Å². The summed E-state index contributed by atoms with van der Waals surface area (Å²) in [6, 6.07) is 1.79. The van der Waals surface area contributed by atoms with Gasteiger partial charge in [0, 0.05) is 36.1 Å². The van der Waals surface area contributed by atoms with Gasteiger partial charge in [-0.25, -0.2) is 0 Å². The lowest BCUT2D eigenvalue weighted by atomic mass is 9.55. The van der Waals surface area contributed by atoms with E-state index in [0.29, 0.717) is 29.6 Å². The standard InChI is InChI=1S/C15H28N2O/c1-15(2)13(12-4-3-9-18-14(12)15)17-11-7-5-10(16)6-8-11/h10-14,17H,3-9,16H2,1-2H3. The van der Waals surface area contributed by atoms with Gasteiger partial charge in [-0.2, -0.15) is 0 Å². The van der Waals surface area contributed by atoms with E-state index in [1.165, 1.54) is 38.5 Å². The maximum absolute atomic E-state index is 5.99. The van der Waals surface area contributed by atoms with E-state index in [1.807, 2.05) is 0 Å². The van der Waals surface area contributed by atoms with Crippen molar-refractivity contribution in [2.45, 2.75) is 76.6 Å². The minimum Gasteiger partial charge on any atom is -0.377 e. The number of hydrogen-bond acceptors (Lipinski definition) is 3. The van der Waals surface area contributed by atoms with Crippen LogP contribution in [0.3, 0.4) is 0 Å². The maximum Gasteiger partial charge on any atom is 0.0684 e. The Kier molecular flexibility index (Phi) is 3.41. The molecular weight excluding hydrogens is 224 g/mol. The van der Waals surface area contributed by atoms with Crippen LogP contribution in [0.2, 0.25) is 0 Å². The third-order valence-electron chi connectivity index (χ3n) is 5.52. The van der Waals surface area contributed by atoms with Crippen LogP contribution in [0.15, 0.2) is 0 Å². The highest BCUT2D eigenvalue weighted by molar-refractivity contribution is 5.11. The average Bonchev–Trinajstić information content (AvgIpc) is 2.38. The van der Waals surface area contributed by atoms with Gasteiger partial charge in [0.15, 0.2) is 0 Å². The summed E-state index contributed by atoms with van der Waals surface area (Å²) in [6.45, 7) is 5.70. The molecule has 0 aromatic rings. The Morgan fingerprint density at radius 3 is 2.56 bits per heavy atom. The van der Waals surface area contributed by atoms with Gasteiger partial charge in [-0.3, -0.25) is 0 Å². The molecular formula is C15H28N2O. The molecule has 0 bridgehead atoms. The van der Waals surface area contributed by atoms with E-state index in [2.05, 4.69) is 19.2 Å². The first kappa shape index (κ1) is 12.9. The van der Waals surface area contributed by atoms with E-state index < -0.39 is 0 Å². The molecule has 104 valence electrons. The topological polar surface area (TPSA) is 47.3 Å². The van der Waals surface area contributed by atoms with Gasteiger partial charge in [-0.1, -0.05) is 13.8 Å². The first-order chi connectivity index (χ1) is 8.59. The number of ether oxygens (including phenoxy) is 1. The van der Waals surface area contributed by atoms with Gasteiger partial charge in [0.05, 0.1) is 6.10 Å². The van der Waals surface area contributed by atoms with Crippen molar-refractivity contribution in [3.8, 4) is 0 Å². The van der Waals surface area contributed by atoms with Crippen LogP contribution in [0.5, 0.6) is 0 Å². The summed E-state index contributed by atoms with van der Waals surface area (Å²) in [4.78, 5) is 0. The summed E-state index contributed by atoms with van der Waals surface area (Å²) in [5, 5.41) is 3.93. The predicted molar refractivity (Wildman–Crippen MR) is 73.4 cm³/mol. The Morgan fingerprint density at radius 2 is 1.83 bits per heavy atom. The van der Waals surface area contributed by atoms with E-state index in [0.717, 1.165) is 12.5 Å². The second-order valence-corrected chi connectivity index (χ2v) is 7.17. The monoisotopic (exact) mass is 252 g/mol. The fourth-order valence-corrected chi connectivity index (χ4v) is 4.40. The Balaban J connectivity index is 1.59. The second-order valence-electron chi connectivity index (χ2n) is 7.17. The van der Waals surface area contributed by atoms with Gasteiger partial charge < -0.3 is 15.8 Å². The number of nitrogens with two attached hydrogens (primary N) is 1. The highest BCUT2D eigenvalue weighted by atomic mass is 16.5. The molecule has 3 rings (SSSR count). The van der Waals surface area contributed by atoms with Crippen molar-refractivity contribution in [1.82, 2.24) is 5.32 Å². The summed E-state index contributed by atoms with van der Waals surface area (Å²) >= 11 is 0. The molecule has 0 radical (unpaired) electrons. The fraction of sp³-hybridized carbons (Fsp3) is 1.00. The molecule has 3 atom stereocenters. The van der Waals surface area contributed by atoms with E-state index in [1.54, 1.807) is 0 Å². The number of hydrogen-bond donors (Lipinski definition) is 2. The van der Waals surface area contributed by atoms with Crippen molar-refractivity contribution in [3.05, 3.63) is 0 Å². The molecule has 0 aromatic heterocycles. The van der Waals surface area contributed by atoms with Gasteiger partial charge in [-0.05, 0) is 38.5 Å². The summed E-state index contributed by atoms with van der Waals surface area (Å²) in [6.07, 6.45) is 7.97. The quantitative estimate of drug-likeness (QED) is 0.791. The molecule has 0 spiro atoms. The molecule has 3 fully saturated rings. The molecule has 1 aliphatic heterocycles. The molecule has 18 heavy (non-hydrogen) atoms. The molecule has 3 nitrogen and oxygen atoms in total. The Hall–Kier alpha value is -0.120. The van der Waals surface area contributed by atoms with Crippen LogP contribution in [0.4, 0.5) is 0 Å². The average molecular weight is 252 g/mol. The first-order valence-electron chi connectivity index (χ1n) is 7.72. The van der Waals surface area contributed by atoms with Crippen molar-refractivity contribution in [3.63, 3.8) is 0 Å². The zero-order valence-electron chi connectivity index (χ0n) is 11.8. The molecule has 1 heterocycles. The molecule has 3 N–H and O–H groups in total. The number of rotatable bonds is 2. The second kappa shape index (κ2) is 4.77. The van der Waals surface area contributed by atoms with Gasteiger partial charge in [0.25, 0.3) is 0 Å². The lowest BCUT2D eigenvalue weighted by Crippen LogP contribution is -2.70. The van der Waals surface area contributed by atoms with E-state index in [4.69, 9.17) is 10.5 Å². The predicted octanol–water partition coefficient (Wildman–Crippen LogP) is 2.05. The molecule has 3 aliphatic rings. The smallest absolute Gasteiger partial charge is 0.0684 e. The molecule has 2 saturated carbocycles. The largest absolute Gasteiger partial charge is 0.377 e. The molecule has 1 saturated heterocycles. The van der Waals surface area contributed by atoms with Crippen LogP contribution in [0.25, 0.3) is 0 Å². The molecule has 3 unspecified atom stereocenters. The van der Waals surface area contributed by atoms with Gasteiger partial charge in [0.2, 0.25) is 0 Å². The van der Waals surface area contributed by atoms with Crippen LogP contribution in [-0.4, -0.2) is 30.8 Å². The number of nitrogens with one attached hydrogen (secondary N) is 1. The third-order valence-corrected chi connectivity index (χ3v) is 5.52. The summed E-state index contributed by atoms with van der Waals surface area (Å²) in [5.74, 6) is 0.754. The van der Waals surface area contributed by atoms with Gasteiger partial charge in [0.1, 0.15) is 0 Å². The van der Waals surface area contributed by atoms with E-state index >= 15 is 0 Å². The summed E-state index contributed by atoms with van der Waals surface area (Å²) < 4.78 is 5.97. The van der Waals surface area contributed by atoms with Crippen molar-refractivity contribution in [1.29, 1.82) is 0 Å². The van der Waals surface area contributed by atoms with Crippen LogP contribution >= 0.6 is 0 Å². The Bertz CT molecular complexity index is 297. The number of fused-ring (bicyclic) bond motifs is 1. The van der Waals surface area contributed by atoms with E-state index in [-0.39, 0.29) is 0 Å². The Labute approximate surface area is 111 Å². The highest BCUT2D eigenvalue weighted by Crippen LogP contribution is 2.51. The molecule has 2 aliphatic carbocycles. The first-order valence-corrected chi connectivity index (χ1v) is 7.72. The SMILES string of the molecule is CC1(C)C(NC2CCC(N)CC2)C2CCCOC21. The Morgan fingerprint density at radius 1 is 1.11 bits per heavy atom. The lowest BCUT2D eigenvalue weighted by molar-refractivity contribution is -0.195. The minimum absolute atomic E-state index is 0.310. The van der Waals surface area contributed by atoms with Crippen molar-refractivity contribution in [2.75, 3.05) is 6.61 Å². The normalized spacial score (nSPS) is 47.2. The molecule has 0 aromatic carbocycles. The molecule has 3 heteroatoms. The zero-order valence-corrected chi connectivity index (χ0v) is 11.8. The van der Waals surface area contributed by atoms with Crippen molar-refractivity contribution < 1.29 is 4.74 Å². The van der Waals surface area contributed by atoms with Crippen LogP contribution in [0.1, 0.15) is 52.4 Å². The molecule has 0 amide bonds. The lowest BCUT2D eigenvalue weighted by Gasteiger charge is -2.61. The minimum atomic E-state index is 0.310. The van der Waals surface area contributed by atoms with Crippen LogP contribution in [-0.2, 0) is 4.74 Å². The van der Waals surface area contributed by atoms with Crippen molar-refractivity contribution >= 4 is 0 Å². The summed E-state index contributed by atoms with van der Waals surface area (Å²) in [5.41, 5.74) is 6.30. The van der Waals surface area contributed by atoms with Crippen molar-refractivity contribution in [2.24, 2.45) is 17.1 Å². The zero-order chi connectivity index (χ0) is 12.8. The van der Waals surface area contributed by atoms with Gasteiger partial charge in [-0.15, -0.1) is 0 Å². The summed E-state index contributed by atoms with van der Waals surface area (Å²) in [7, 11) is 0. The van der Waals surface area contributed by atoms with Gasteiger partial charge >= 0.3 is 0 Å². The van der Waals surface area contributed by atoms with Crippen LogP contribution in [0, 0.1) is 11.3 Å². The maximum atomic E-state index is 5.99.